The summed E-state index contributed by atoms with van der Waals surface area (Å²) in [6, 6.07) is 13.5. The maximum absolute atomic E-state index is 12.8. The molecule has 2 aromatic carbocycles. The van der Waals surface area contributed by atoms with Crippen LogP contribution in [-0.4, -0.2) is 12.4 Å². The fourth-order valence-corrected chi connectivity index (χ4v) is 2.34. The molecule has 1 aliphatic rings. The van der Waals surface area contributed by atoms with E-state index in [1.54, 1.807) is 24.3 Å². The number of rotatable bonds is 2. The summed E-state index contributed by atoms with van der Waals surface area (Å²) in [6.45, 7) is 0.382. The number of hydrogen-bond donors (Lipinski definition) is 0. The quantitative estimate of drug-likeness (QED) is 0.824. The molecule has 0 N–H and O–H groups in total. The molecular formula is C16H13FO2. The summed E-state index contributed by atoms with van der Waals surface area (Å²) in [7, 11) is 0. The number of carbonyl (C=O) groups excluding carboxylic acids is 1. The Morgan fingerprint density at radius 2 is 1.84 bits per heavy atom. The predicted octanol–water partition coefficient (Wildman–Crippen LogP) is 3.26. The van der Waals surface area contributed by atoms with Crippen LogP contribution in [0.3, 0.4) is 0 Å². The Morgan fingerprint density at radius 3 is 2.63 bits per heavy atom. The van der Waals surface area contributed by atoms with E-state index < -0.39 is 0 Å². The molecule has 2 nitrogen and oxygen atoms in total. The molecule has 0 aliphatic carbocycles. The van der Waals surface area contributed by atoms with Crippen molar-refractivity contribution in [3.63, 3.8) is 0 Å². The first kappa shape index (κ1) is 11.9. The Hall–Kier alpha value is -2.16. The zero-order valence-corrected chi connectivity index (χ0v) is 10.3. The second-order valence-electron chi connectivity index (χ2n) is 4.70. The van der Waals surface area contributed by atoms with Crippen LogP contribution in [0.15, 0.2) is 48.5 Å². The van der Waals surface area contributed by atoms with E-state index in [1.165, 1.54) is 12.1 Å². The summed E-state index contributed by atoms with van der Waals surface area (Å²) < 4.78 is 18.5. The molecule has 2 aromatic rings. The van der Waals surface area contributed by atoms with E-state index in [0.717, 1.165) is 5.56 Å². The van der Waals surface area contributed by atoms with Gasteiger partial charge in [-0.25, -0.2) is 4.39 Å². The average molecular weight is 256 g/mol. The van der Waals surface area contributed by atoms with Crippen LogP contribution in [0, 0.1) is 11.7 Å². The molecule has 96 valence electrons. The molecule has 0 saturated carbocycles. The smallest absolute Gasteiger partial charge is 0.173 e. The maximum atomic E-state index is 12.8. The lowest BCUT2D eigenvalue weighted by Crippen LogP contribution is -2.29. The highest BCUT2D eigenvalue weighted by Gasteiger charge is 2.28. The third-order valence-corrected chi connectivity index (χ3v) is 3.36. The molecule has 19 heavy (non-hydrogen) atoms. The number of fused-ring (bicyclic) bond motifs is 1. The minimum Gasteiger partial charge on any atom is -0.492 e. The van der Waals surface area contributed by atoms with Crippen molar-refractivity contribution in [1.82, 2.24) is 0 Å². The lowest BCUT2D eigenvalue weighted by atomic mass is 9.90. The molecule has 1 aliphatic heterocycles. The third kappa shape index (κ3) is 2.36. The molecule has 0 fully saturated rings. The van der Waals surface area contributed by atoms with Crippen LogP contribution in [0.25, 0.3) is 0 Å². The first-order chi connectivity index (χ1) is 9.24. The van der Waals surface area contributed by atoms with Crippen LogP contribution < -0.4 is 4.74 Å². The van der Waals surface area contributed by atoms with Crippen LogP contribution in [0.1, 0.15) is 15.9 Å². The Bertz CT molecular complexity index is 604. The van der Waals surface area contributed by atoms with E-state index in [9.17, 15) is 9.18 Å². The number of benzene rings is 2. The van der Waals surface area contributed by atoms with Crippen LogP contribution >= 0.6 is 0 Å². The van der Waals surface area contributed by atoms with Gasteiger partial charge in [-0.15, -0.1) is 0 Å². The number of para-hydroxylation sites is 1. The highest BCUT2D eigenvalue weighted by Crippen LogP contribution is 2.28. The van der Waals surface area contributed by atoms with Gasteiger partial charge in [-0.2, -0.15) is 0 Å². The Morgan fingerprint density at radius 1 is 1.11 bits per heavy atom. The highest BCUT2D eigenvalue weighted by atomic mass is 19.1. The number of ether oxygens (including phenoxy) is 1. The van der Waals surface area contributed by atoms with Gasteiger partial charge in [0.2, 0.25) is 0 Å². The molecule has 1 heterocycles. The van der Waals surface area contributed by atoms with E-state index >= 15 is 0 Å². The lowest BCUT2D eigenvalue weighted by Gasteiger charge is -2.24. The Balaban J connectivity index is 1.81. The number of Topliss-reactive ketones (excluding diaryl/α,β-unsaturated/α-hetero) is 1. The van der Waals surface area contributed by atoms with Gasteiger partial charge in [-0.05, 0) is 36.2 Å². The first-order valence-electron chi connectivity index (χ1n) is 6.24. The van der Waals surface area contributed by atoms with Gasteiger partial charge < -0.3 is 4.74 Å². The summed E-state index contributed by atoms with van der Waals surface area (Å²) in [6.07, 6.45) is 0.577. The molecule has 0 amide bonds. The zero-order valence-electron chi connectivity index (χ0n) is 10.3. The van der Waals surface area contributed by atoms with Crippen molar-refractivity contribution in [2.24, 2.45) is 5.92 Å². The van der Waals surface area contributed by atoms with E-state index in [4.69, 9.17) is 4.74 Å². The van der Waals surface area contributed by atoms with Crippen LogP contribution in [-0.2, 0) is 6.42 Å². The van der Waals surface area contributed by atoms with E-state index in [2.05, 4.69) is 0 Å². The second-order valence-corrected chi connectivity index (χ2v) is 4.70. The average Bonchev–Trinajstić information content (AvgIpc) is 2.45. The molecule has 1 atom stereocenters. The minimum atomic E-state index is -0.264. The maximum Gasteiger partial charge on any atom is 0.173 e. The summed E-state index contributed by atoms with van der Waals surface area (Å²) in [4.78, 5) is 12.3. The molecule has 0 spiro atoms. The van der Waals surface area contributed by atoms with E-state index in [-0.39, 0.29) is 17.5 Å². The molecular weight excluding hydrogens is 243 g/mol. The topological polar surface area (TPSA) is 26.3 Å². The molecule has 3 heteroatoms. The molecule has 0 aromatic heterocycles. The number of ketones is 1. The van der Waals surface area contributed by atoms with Crippen molar-refractivity contribution in [2.45, 2.75) is 6.42 Å². The van der Waals surface area contributed by atoms with Crippen molar-refractivity contribution < 1.29 is 13.9 Å². The monoisotopic (exact) mass is 256 g/mol. The Kier molecular flexibility index (Phi) is 3.03. The van der Waals surface area contributed by atoms with Gasteiger partial charge in [0.05, 0.1) is 18.1 Å². The molecule has 0 saturated heterocycles. The van der Waals surface area contributed by atoms with Gasteiger partial charge in [-0.3, -0.25) is 4.79 Å². The zero-order chi connectivity index (χ0) is 13.2. The lowest BCUT2D eigenvalue weighted by molar-refractivity contribution is 0.0830. The fraction of sp³-hybridized carbons (Fsp3) is 0.188. The third-order valence-electron chi connectivity index (χ3n) is 3.36. The summed E-state index contributed by atoms with van der Waals surface area (Å²) in [5, 5.41) is 0. The van der Waals surface area contributed by atoms with Gasteiger partial charge in [0.25, 0.3) is 0 Å². The van der Waals surface area contributed by atoms with Crippen molar-refractivity contribution in [1.29, 1.82) is 0 Å². The summed E-state index contributed by atoms with van der Waals surface area (Å²) in [5.41, 5.74) is 1.59. The standard InChI is InChI=1S/C16H13FO2/c17-13-7-5-11(6-8-13)9-12-10-19-15-4-2-1-3-14(15)16(12)18/h1-8,12H,9-10H2. The molecule has 0 radical (unpaired) electrons. The highest BCUT2D eigenvalue weighted by molar-refractivity contribution is 6.01. The van der Waals surface area contributed by atoms with Crippen LogP contribution in [0.5, 0.6) is 5.75 Å². The van der Waals surface area contributed by atoms with Crippen LogP contribution in [0.2, 0.25) is 0 Å². The van der Waals surface area contributed by atoms with Crippen molar-refractivity contribution in [3.05, 3.63) is 65.5 Å². The van der Waals surface area contributed by atoms with E-state index in [1.807, 2.05) is 12.1 Å². The van der Waals surface area contributed by atoms with Gasteiger partial charge in [0.15, 0.2) is 5.78 Å². The van der Waals surface area contributed by atoms with Gasteiger partial charge in [0, 0.05) is 0 Å². The van der Waals surface area contributed by atoms with Gasteiger partial charge in [-0.1, -0.05) is 24.3 Å². The van der Waals surface area contributed by atoms with Crippen molar-refractivity contribution in [3.8, 4) is 5.75 Å². The fourth-order valence-electron chi connectivity index (χ4n) is 2.34. The van der Waals surface area contributed by atoms with E-state index in [0.29, 0.717) is 24.3 Å². The number of halogens is 1. The first-order valence-corrected chi connectivity index (χ1v) is 6.24. The molecule has 3 rings (SSSR count). The second kappa shape index (κ2) is 4.84. The summed E-state index contributed by atoms with van der Waals surface area (Å²) in [5.74, 6) is 0.301. The largest absolute Gasteiger partial charge is 0.492 e. The van der Waals surface area contributed by atoms with Crippen molar-refractivity contribution >= 4 is 5.78 Å². The van der Waals surface area contributed by atoms with Gasteiger partial charge >= 0.3 is 0 Å². The molecule has 0 bridgehead atoms. The van der Waals surface area contributed by atoms with Crippen molar-refractivity contribution in [2.75, 3.05) is 6.61 Å². The normalized spacial score (nSPS) is 17.7. The van der Waals surface area contributed by atoms with Crippen LogP contribution in [0.4, 0.5) is 4.39 Å². The minimum absolute atomic E-state index is 0.103. The van der Waals surface area contributed by atoms with Gasteiger partial charge in [0.1, 0.15) is 11.6 Å². The number of hydrogen-bond acceptors (Lipinski definition) is 2. The summed E-state index contributed by atoms with van der Waals surface area (Å²) >= 11 is 0. The molecule has 1 unspecified atom stereocenters. The number of carbonyl (C=O) groups is 1. The SMILES string of the molecule is O=C1c2ccccc2OCC1Cc1ccc(F)cc1. The predicted molar refractivity (Wildman–Crippen MR) is 69.9 cm³/mol. The Labute approximate surface area is 110 Å².